The Balaban J connectivity index is 0.00000171. The molecule has 0 bridgehead atoms. The van der Waals surface area contributed by atoms with Crippen LogP contribution in [0.1, 0.15) is 28.7 Å². The number of carbonyl (C=O) groups excluding carboxylic acids is 1. The summed E-state index contributed by atoms with van der Waals surface area (Å²) in [4.78, 5) is 15.7. The normalized spacial score (nSPS) is 20.9. The van der Waals surface area contributed by atoms with Crippen LogP contribution in [0.4, 0.5) is 13.2 Å². The van der Waals surface area contributed by atoms with E-state index in [0.29, 0.717) is 12.0 Å². The lowest BCUT2D eigenvalue weighted by atomic mass is 9.87. The summed E-state index contributed by atoms with van der Waals surface area (Å²) in [6, 6.07) is 13.1. The third-order valence-electron chi connectivity index (χ3n) is 5.96. The van der Waals surface area contributed by atoms with Crippen LogP contribution in [0.3, 0.4) is 0 Å². The van der Waals surface area contributed by atoms with Gasteiger partial charge in [0.25, 0.3) is 0 Å². The summed E-state index contributed by atoms with van der Waals surface area (Å²) >= 11 is 0. The zero-order chi connectivity index (χ0) is 20.5. The van der Waals surface area contributed by atoms with Gasteiger partial charge in [0, 0.05) is 32.7 Å². The molecule has 1 heterocycles. The smallest absolute Gasteiger partial charge is 0.350 e. The molecule has 0 saturated carbocycles. The van der Waals surface area contributed by atoms with Crippen molar-refractivity contribution in [1.29, 1.82) is 0 Å². The maximum absolute atomic E-state index is 13.5. The van der Waals surface area contributed by atoms with Gasteiger partial charge in [-0.3, -0.25) is 9.69 Å². The number of halogens is 5. The van der Waals surface area contributed by atoms with Gasteiger partial charge in [-0.05, 0) is 41.7 Å². The zero-order valence-electron chi connectivity index (χ0n) is 16.9. The van der Waals surface area contributed by atoms with Crippen LogP contribution < -0.4 is 10.6 Å². The lowest BCUT2D eigenvalue weighted by molar-refractivity contribution is -0.137. The summed E-state index contributed by atoms with van der Waals surface area (Å²) in [6.07, 6.45) is -2.90. The molecular weight excluding hydrogens is 450 g/mol. The monoisotopic (exact) mass is 475 g/mol. The highest BCUT2D eigenvalue weighted by molar-refractivity contribution is 5.89. The molecule has 9 heteroatoms. The highest BCUT2D eigenvalue weighted by Gasteiger charge is 2.49. The molecule has 1 aliphatic heterocycles. The first-order valence-electron chi connectivity index (χ1n) is 9.90. The molecule has 31 heavy (non-hydrogen) atoms. The largest absolute Gasteiger partial charge is 0.416 e. The van der Waals surface area contributed by atoms with E-state index in [9.17, 15) is 18.0 Å². The third kappa shape index (κ3) is 5.00. The number of rotatable bonds is 4. The van der Waals surface area contributed by atoms with Crippen LogP contribution in [0.15, 0.2) is 48.5 Å². The molecule has 0 spiro atoms. The van der Waals surface area contributed by atoms with Gasteiger partial charge in [0.1, 0.15) is 5.54 Å². The average Bonchev–Trinajstić information content (AvgIpc) is 3.13. The molecule has 4 rings (SSSR count). The van der Waals surface area contributed by atoms with Crippen LogP contribution in [0.2, 0.25) is 0 Å². The Morgan fingerprint density at radius 1 is 1.06 bits per heavy atom. The molecule has 1 saturated heterocycles. The standard InChI is InChI=1S/C22H24F3N3O.2ClH/c23-22(24,25)18-6-3-4-16(14-18)15-27-20(29)21(28-12-10-26-11-13-28)9-8-17-5-1-2-7-19(17)21;;/h1-7,14,26H,8-13,15H2,(H,27,29);2*1H. The molecule has 2 aliphatic rings. The van der Waals surface area contributed by atoms with Crippen LogP contribution in [-0.4, -0.2) is 37.0 Å². The first-order chi connectivity index (χ1) is 13.9. The topological polar surface area (TPSA) is 44.4 Å². The van der Waals surface area contributed by atoms with Crippen LogP contribution in [0.25, 0.3) is 0 Å². The van der Waals surface area contributed by atoms with Gasteiger partial charge in [-0.25, -0.2) is 0 Å². The molecule has 2 aromatic rings. The van der Waals surface area contributed by atoms with Crippen LogP contribution >= 0.6 is 24.8 Å². The molecule has 2 aromatic carbocycles. The summed E-state index contributed by atoms with van der Waals surface area (Å²) in [5.41, 5.74) is 1.16. The number of hydrogen-bond donors (Lipinski definition) is 2. The van der Waals surface area contributed by atoms with Crippen molar-refractivity contribution in [2.75, 3.05) is 26.2 Å². The van der Waals surface area contributed by atoms with Crippen molar-refractivity contribution in [3.05, 3.63) is 70.8 Å². The minimum atomic E-state index is -4.40. The summed E-state index contributed by atoms with van der Waals surface area (Å²) in [6.45, 7) is 3.20. The Morgan fingerprint density at radius 2 is 1.77 bits per heavy atom. The number of nitrogens with zero attached hydrogens (tertiary/aromatic N) is 1. The number of hydrogen-bond acceptors (Lipinski definition) is 3. The van der Waals surface area contributed by atoms with Crippen molar-refractivity contribution in [3.63, 3.8) is 0 Å². The van der Waals surface area contributed by atoms with Crippen LogP contribution in [0.5, 0.6) is 0 Å². The van der Waals surface area contributed by atoms with Crippen molar-refractivity contribution in [1.82, 2.24) is 15.5 Å². The molecule has 4 nitrogen and oxygen atoms in total. The molecule has 170 valence electrons. The predicted octanol–water partition coefficient (Wildman–Crippen LogP) is 3.91. The number of piperazine rings is 1. The number of benzene rings is 2. The summed E-state index contributed by atoms with van der Waals surface area (Å²) in [7, 11) is 0. The van der Waals surface area contributed by atoms with Gasteiger partial charge in [-0.2, -0.15) is 13.2 Å². The van der Waals surface area contributed by atoms with Crippen molar-refractivity contribution in [2.24, 2.45) is 0 Å². The van der Waals surface area contributed by atoms with E-state index in [2.05, 4.69) is 21.6 Å². The van der Waals surface area contributed by atoms with Gasteiger partial charge in [0.15, 0.2) is 0 Å². The lowest BCUT2D eigenvalue weighted by Crippen LogP contribution is -2.60. The van der Waals surface area contributed by atoms with Crippen molar-refractivity contribution >= 4 is 30.7 Å². The van der Waals surface area contributed by atoms with E-state index >= 15 is 0 Å². The minimum Gasteiger partial charge on any atom is -0.350 e. The number of fused-ring (bicyclic) bond motifs is 1. The van der Waals surface area contributed by atoms with Gasteiger partial charge in [-0.15, -0.1) is 24.8 Å². The van der Waals surface area contributed by atoms with E-state index in [0.717, 1.165) is 50.3 Å². The zero-order valence-corrected chi connectivity index (χ0v) is 18.5. The van der Waals surface area contributed by atoms with Gasteiger partial charge in [-0.1, -0.05) is 36.4 Å². The van der Waals surface area contributed by atoms with Crippen molar-refractivity contribution < 1.29 is 18.0 Å². The second-order valence-electron chi connectivity index (χ2n) is 7.64. The molecule has 1 aliphatic carbocycles. The molecule has 2 N–H and O–H groups in total. The molecule has 0 radical (unpaired) electrons. The van der Waals surface area contributed by atoms with Crippen molar-refractivity contribution in [3.8, 4) is 0 Å². The Kier molecular flexibility index (Phi) is 8.39. The molecule has 1 amide bonds. The Bertz CT molecular complexity index is 904. The number of amides is 1. The lowest BCUT2D eigenvalue weighted by Gasteiger charge is -2.43. The fourth-order valence-corrected chi connectivity index (χ4v) is 4.53. The van der Waals surface area contributed by atoms with Gasteiger partial charge >= 0.3 is 6.18 Å². The first kappa shape index (κ1) is 25.5. The predicted molar refractivity (Wildman–Crippen MR) is 119 cm³/mol. The van der Waals surface area contributed by atoms with Gasteiger partial charge in [0.05, 0.1) is 5.56 Å². The van der Waals surface area contributed by atoms with Crippen molar-refractivity contribution in [2.45, 2.75) is 31.1 Å². The number of nitrogens with one attached hydrogen (secondary N) is 2. The van der Waals surface area contributed by atoms with E-state index in [4.69, 9.17) is 0 Å². The second-order valence-corrected chi connectivity index (χ2v) is 7.64. The van der Waals surface area contributed by atoms with E-state index in [-0.39, 0.29) is 37.3 Å². The highest BCUT2D eigenvalue weighted by atomic mass is 35.5. The summed E-state index contributed by atoms with van der Waals surface area (Å²) in [5.74, 6) is -0.137. The number of aryl methyl sites for hydroxylation is 1. The van der Waals surface area contributed by atoms with Crippen LogP contribution in [-0.2, 0) is 29.5 Å². The number of carbonyl (C=O) groups is 1. The fraction of sp³-hybridized carbons (Fsp3) is 0.409. The Labute approximate surface area is 192 Å². The van der Waals surface area contributed by atoms with Gasteiger partial charge < -0.3 is 10.6 Å². The fourth-order valence-electron chi connectivity index (χ4n) is 4.53. The second kappa shape index (κ2) is 10.2. The maximum Gasteiger partial charge on any atom is 0.416 e. The van der Waals surface area contributed by atoms with E-state index < -0.39 is 17.3 Å². The quantitative estimate of drug-likeness (QED) is 0.704. The Hall–Kier alpha value is -1.80. The average molecular weight is 476 g/mol. The Morgan fingerprint density at radius 3 is 2.48 bits per heavy atom. The highest BCUT2D eigenvalue weighted by Crippen LogP contribution is 2.42. The minimum absolute atomic E-state index is 0. The molecular formula is C22H26Cl2F3N3O. The molecule has 1 fully saturated rings. The van der Waals surface area contributed by atoms with E-state index in [1.54, 1.807) is 6.07 Å². The SMILES string of the molecule is Cl.Cl.O=C(NCc1cccc(C(F)(F)F)c1)C1(N2CCNCC2)CCc2ccccc21. The number of alkyl halides is 3. The maximum atomic E-state index is 13.5. The van der Waals surface area contributed by atoms with E-state index in [1.165, 1.54) is 11.6 Å². The summed E-state index contributed by atoms with van der Waals surface area (Å²) in [5, 5.41) is 6.25. The molecule has 0 aromatic heterocycles. The first-order valence-corrected chi connectivity index (χ1v) is 9.90. The van der Waals surface area contributed by atoms with Crippen LogP contribution in [0, 0.1) is 0 Å². The summed E-state index contributed by atoms with van der Waals surface area (Å²) < 4.78 is 38.9. The van der Waals surface area contributed by atoms with E-state index in [1.807, 2.05) is 18.2 Å². The molecule has 1 unspecified atom stereocenters. The van der Waals surface area contributed by atoms with Gasteiger partial charge in [0.2, 0.25) is 5.91 Å². The third-order valence-corrected chi connectivity index (χ3v) is 5.96. The molecule has 1 atom stereocenters.